The summed E-state index contributed by atoms with van der Waals surface area (Å²) in [7, 11) is 1.37. The van der Waals surface area contributed by atoms with Crippen molar-refractivity contribution in [3.63, 3.8) is 0 Å². The molecule has 1 aromatic carbocycles. The summed E-state index contributed by atoms with van der Waals surface area (Å²) < 4.78 is 56.6. The Morgan fingerprint density at radius 2 is 1.92 bits per heavy atom. The standard InChI is InChI=1S/C24H23F4N5O3/c1-13(16-5-4-6-19(21(16)25)24(26,27)28)29-22-18-12-33(15-7-9-32(10-8-15)14(2)34)20(35)11-17(18)23(36)31(3)30-22/h4-7,11-13H,8-10H2,1-3H3,(H,29,30)/t13-/m1/s1. The number of nitrogens with zero attached hydrogens (tertiary/aromatic N) is 4. The molecule has 1 aliphatic heterocycles. The van der Waals surface area contributed by atoms with Crippen LogP contribution in [0.2, 0.25) is 0 Å². The highest BCUT2D eigenvalue weighted by atomic mass is 19.4. The molecule has 3 aromatic rings. The molecule has 0 aliphatic carbocycles. The fourth-order valence-corrected chi connectivity index (χ4v) is 4.20. The number of pyridine rings is 1. The lowest BCUT2D eigenvalue weighted by atomic mass is 10.0. The molecular formula is C24H23F4N5O3. The number of halogens is 4. The lowest BCUT2D eigenvalue weighted by Crippen LogP contribution is -2.34. The number of hydrogen-bond acceptors (Lipinski definition) is 5. The molecule has 2 aromatic heterocycles. The fourth-order valence-electron chi connectivity index (χ4n) is 4.20. The second-order valence-corrected chi connectivity index (χ2v) is 8.57. The van der Waals surface area contributed by atoms with E-state index >= 15 is 0 Å². The molecule has 0 saturated heterocycles. The van der Waals surface area contributed by atoms with Crippen LogP contribution < -0.4 is 16.4 Å². The first-order valence-corrected chi connectivity index (χ1v) is 11.1. The third-order valence-electron chi connectivity index (χ3n) is 6.18. The van der Waals surface area contributed by atoms with Crippen LogP contribution in [-0.4, -0.2) is 38.2 Å². The number of aromatic nitrogens is 3. The number of alkyl halides is 3. The molecule has 190 valence electrons. The zero-order valence-corrected chi connectivity index (χ0v) is 19.7. The van der Waals surface area contributed by atoms with Crippen LogP contribution in [0.25, 0.3) is 16.5 Å². The number of rotatable bonds is 4. The first kappa shape index (κ1) is 25.1. The number of nitrogens with one attached hydrogen (secondary N) is 1. The second kappa shape index (κ2) is 9.25. The molecule has 0 radical (unpaired) electrons. The van der Waals surface area contributed by atoms with Crippen LogP contribution in [0.15, 0.2) is 46.1 Å². The van der Waals surface area contributed by atoms with Crippen molar-refractivity contribution in [2.45, 2.75) is 32.5 Å². The number of carbonyl (C=O) groups excluding carboxylic acids is 1. The van der Waals surface area contributed by atoms with Gasteiger partial charge in [-0.25, -0.2) is 9.07 Å². The lowest BCUT2D eigenvalue weighted by Gasteiger charge is -2.26. The number of carbonyl (C=O) groups is 1. The summed E-state index contributed by atoms with van der Waals surface area (Å²) >= 11 is 0. The van der Waals surface area contributed by atoms with Crippen LogP contribution in [0.4, 0.5) is 23.4 Å². The zero-order valence-electron chi connectivity index (χ0n) is 19.7. The van der Waals surface area contributed by atoms with Crippen LogP contribution in [0.3, 0.4) is 0 Å². The predicted octanol–water partition coefficient (Wildman–Crippen LogP) is 3.52. The smallest absolute Gasteiger partial charge is 0.361 e. The number of anilines is 1. The predicted molar refractivity (Wildman–Crippen MR) is 126 cm³/mol. The topological polar surface area (TPSA) is 89.2 Å². The van der Waals surface area contributed by atoms with E-state index in [0.717, 1.165) is 16.8 Å². The molecule has 1 aliphatic rings. The van der Waals surface area contributed by atoms with E-state index in [2.05, 4.69) is 10.4 Å². The summed E-state index contributed by atoms with van der Waals surface area (Å²) in [6, 6.07) is 3.21. The normalized spacial score (nSPS) is 15.1. The largest absolute Gasteiger partial charge is 0.419 e. The minimum atomic E-state index is -4.86. The summed E-state index contributed by atoms with van der Waals surface area (Å²) in [6.45, 7) is 3.65. The molecule has 8 nitrogen and oxygen atoms in total. The second-order valence-electron chi connectivity index (χ2n) is 8.57. The van der Waals surface area contributed by atoms with Crippen molar-refractivity contribution in [3.8, 4) is 0 Å². The Morgan fingerprint density at radius 1 is 1.19 bits per heavy atom. The van der Waals surface area contributed by atoms with Crippen LogP contribution >= 0.6 is 0 Å². The van der Waals surface area contributed by atoms with Crippen molar-refractivity contribution in [1.29, 1.82) is 0 Å². The maximum Gasteiger partial charge on any atom is 0.419 e. The average molecular weight is 505 g/mol. The first-order valence-electron chi connectivity index (χ1n) is 11.1. The average Bonchev–Trinajstić information content (AvgIpc) is 2.81. The van der Waals surface area contributed by atoms with Crippen molar-refractivity contribution >= 4 is 28.2 Å². The van der Waals surface area contributed by atoms with Crippen molar-refractivity contribution in [1.82, 2.24) is 19.2 Å². The van der Waals surface area contributed by atoms with Crippen molar-refractivity contribution in [3.05, 3.63) is 74.2 Å². The number of amides is 1. The van der Waals surface area contributed by atoms with Gasteiger partial charge in [-0.2, -0.15) is 18.3 Å². The number of hydrogen-bond donors (Lipinski definition) is 1. The molecule has 12 heteroatoms. The highest BCUT2D eigenvalue weighted by molar-refractivity contribution is 5.91. The number of benzene rings is 1. The van der Waals surface area contributed by atoms with E-state index < -0.39 is 34.7 Å². The highest BCUT2D eigenvalue weighted by Crippen LogP contribution is 2.34. The third-order valence-corrected chi connectivity index (χ3v) is 6.18. The summed E-state index contributed by atoms with van der Waals surface area (Å²) in [5.74, 6) is -1.41. The number of fused-ring (bicyclic) bond motifs is 1. The fraction of sp³-hybridized carbons (Fsp3) is 0.333. The molecule has 1 amide bonds. The molecule has 0 bridgehead atoms. The van der Waals surface area contributed by atoms with E-state index in [-0.39, 0.29) is 28.1 Å². The van der Waals surface area contributed by atoms with Gasteiger partial charge in [0, 0.05) is 62.4 Å². The maximum absolute atomic E-state index is 14.7. The van der Waals surface area contributed by atoms with E-state index in [4.69, 9.17) is 0 Å². The van der Waals surface area contributed by atoms with Gasteiger partial charge < -0.3 is 10.2 Å². The third kappa shape index (κ3) is 4.62. The molecule has 0 fully saturated rings. The van der Waals surface area contributed by atoms with Crippen molar-refractivity contribution < 1.29 is 22.4 Å². The Kier molecular flexibility index (Phi) is 6.46. The minimum Gasteiger partial charge on any atom is -0.361 e. The molecule has 0 spiro atoms. The first-order chi connectivity index (χ1) is 16.9. The van der Waals surface area contributed by atoms with Gasteiger partial charge in [-0.1, -0.05) is 12.1 Å². The van der Waals surface area contributed by atoms with Crippen molar-refractivity contribution in [2.75, 3.05) is 18.4 Å². The molecule has 3 heterocycles. The van der Waals surface area contributed by atoms with E-state index in [9.17, 15) is 31.9 Å². The van der Waals surface area contributed by atoms with Gasteiger partial charge >= 0.3 is 6.18 Å². The molecule has 0 unspecified atom stereocenters. The van der Waals surface area contributed by atoms with Gasteiger partial charge in [0.1, 0.15) is 5.82 Å². The van der Waals surface area contributed by atoms with E-state index in [1.165, 1.54) is 37.7 Å². The Hall–Kier alpha value is -3.96. The Morgan fingerprint density at radius 3 is 2.53 bits per heavy atom. The van der Waals surface area contributed by atoms with Gasteiger partial charge in [0.2, 0.25) is 5.91 Å². The molecule has 0 saturated carbocycles. The lowest BCUT2D eigenvalue weighted by molar-refractivity contribution is -0.140. The minimum absolute atomic E-state index is 0.0507. The van der Waals surface area contributed by atoms with Gasteiger partial charge in [0.15, 0.2) is 5.82 Å². The molecular weight excluding hydrogens is 482 g/mol. The summed E-state index contributed by atoms with van der Waals surface area (Å²) in [6.07, 6.45) is -1.29. The van der Waals surface area contributed by atoms with Crippen LogP contribution in [0, 0.1) is 5.82 Å². The van der Waals surface area contributed by atoms with Gasteiger partial charge in [0.05, 0.1) is 17.0 Å². The summed E-state index contributed by atoms with van der Waals surface area (Å²) in [5, 5.41) is 7.37. The van der Waals surface area contributed by atoms with Crippen molar-refractivity contribution in [2.24, 2.45) is 7.05 Å². The van der Waals surface area contributed by atoms with Crippen LogP contribution in [0.5, 0.6) is 0 Å². The zero-order chi connectivity index (χ0) is 26.4. The maximum atomic E-state index is 14.7. The number of aryl methyl sites for hydroxylation is 1. The van der Waals surface area contributed by atoms with Gasteiger partial charge in [-0.3, -0.25) is 19.0 Å². The Labute approximate surface area is 202 Å². The highest BCUT2D eigenvalue weighted by Gasteiger charge is 2.35. The SMILES string of the molecule is CC(=O)N1CC=C(n2cc3c(N[C@H](C)c4cccc(C(F)(F)F)c4F)nn(C)c(=O)c3cc2=O)CC1. The van der Waals surface area contributed by atoms with Crippen LogP contribution in [0.1, 0.15) is 37.4 Å². The summed E-state index contributed by atoms with van der Waals surface area (Å²) in [5.41, 5.74) is -2.00. The van der Waals surface area contributed by atoms with E-state index in [1.807, 2.05) is 0 Å². The van der Waals surface area contributed by atoms with E-state index in [0.29, 0.717) is 31.3 Å². The molecule has 4 rings (SSSR count). The quantitative estimate of drug-likeness (QED) is 0.549. The molecule has 1 atom stereocenters. The Bertz CT molecular complexity index is 1510. The molecule has 36 heavy (non-hydrogen) atoms. The van der Waals surface area contributed by atoms with Gasteiger partial charge in [0.25, 0.3) is 11.1 Å². The van der Waals surface area contributed by atoms with Crippen LogP contribution in [-0.2, 0) is 18.0 Å². The van der Waals surface area contributed by atoms with Gasteiger partial charge in [-0.05, 0) is 19.1 Å². The Balaban J connectivity index is 1.79. The monoisotopic (exact) mass is 505 g/mol. The molecule has 1 N–H and O–H groups in total. The summed E-state index contributed by atoms with van der Waals surface area (Å²) in [4.78, 5) is 38.7. The van der Waals surface area contributed by atoms with Gasteiger partial charge in [-0.15, -0.1) is 0 Å². The van der Waals surface area contributed by atoms with E-state index in [1.54, 1.807) is 11.0 Å².